The van der Waals surface area contributed by atoms with Crippen LogP contribution in [0.2, 0.25) is 5.02 Å². The van der Waals surface area contributed by atoms with Gasteiger partial charge in [-0.15, -0.1) is 0 Å². The second-order valence-electron chi connectivity index (χ2n) is 4.55. The summed E-state index contributed by atoms with van der Waals surface area (Å²) in [6.07, 6.45) is 1.48. The van der Waals surface area contributed by atoms with Gasteiger partial charge in [0.1, 0.15) is 6.61 Å². The normalized spacial score (nSPS) is 12.0. The Kier molecular flexibility index (Phi) is 8.12. The summed E-state index contributed by atoms with van der Waals surface area (Å²) < 4.78 is 10.8. The van der Waals surface area contributed by atoms with Crippen LogP contribution in [0.15, 0.2) is 18.2 Å². The average Bonchev–Trinajstić information content (AvgIpc) is 2.46. The molecule has 0 spiro atoms. The van der Waals surface area contributed by atoms with Crippen molar-refractivity contribution in [2.24, 2.45) is 5.73 Å². The second kappa shape index (κ2) is 9.60. The molecule has 3 N–H and O–H groups in total. The predicted molar refractivity (Wildman–Crippen MR) is 85.0 cm³/mol. The number of hydrogen-bond acceptors (Lipinski definition) is 4. The standard InChI is InChI=1S/C15H23ClN2O3/c1-3-6-12(17)15(19)18-13-8-5-7-11(16)14(13)21-10-9-20-4-2/h5,7-8,12H,3-4,6,9-10,17H2,1-2H3,(H,18,19). The lowest BCUT2D eigenvalue weighted by Crippen LogP contribution is -2.35. The van der Waals surface area contributed by atoms with Crippen LogP contribution >= 0.6 is 11.6 Å². The minimum Gasteiger partial charge on any atom is -0.487 e. The molecule has 0 aliphatic carbocycles. The molecule has 1 amide bonds. The lowest BCUT2D eigenvalue weighted by molar-refractivity contribution is -0.117. The Bertz CT molecular complexity index is 455. The molecule has 6 heteroatoms. The number of hydrogen-bond donors (Lipinski definition) is 2. The van der Waals surface area contributed by atoms with Gasteiger partial charge >= 0.3 is 0 Å². The number of ether oxygens (including phenoxy) is 2. The zero-order valence-electron chi connectivity index (χ0n) is 12.5. The summed E-state index contributed by atoms with van der Waals surface area (Å²) in [6, 6.07) is 4.65. The van der Waals surface area contributed by atoms with E-state index in [1.165, 1.54) is 0 Å². The van der Waals surface area contributed by atoms with Crippen molar-refractivity contribution in [1.29, 1.82) is 0 Å². The maximum Gasteiger partial charge on any atom is 0.241 e. The molecule has 0 aromatic heterocycles. The maximum atomic E-state index is 12.0. The molecule has 0 bridgehead atoms. The van der Waals surface area contributed by atoms with E-state index in [0.717, 1.165) is 6.42 Å². The van der Waals surface area contributed by atoms with Gasteiger partial charge in [0, 0.05) is 6.61 Å². The van der Waals surface area contributed by atoms with Crippen molar-refractivity contribution < 1.29 is 14.3 Å². The van der Waals surface area contributed by atoms with Crippen LogP contribution in [0, 0.1) is 0 Å². The van der Waals surface area contributed by atoms with Crippen LogP contribution < -0.4 is 15.8 Å². The van der Waals surface area contributed by atoms with E-state index in [2.05, 4.69) is 5.32 Å². The largest absolute Gasteiger partial charge is 0.487 e. The molecule has 1 unspecified atom stereocenters. The quantitative estimate of drug-likeness (QED) is 0.687. The van der Waals surface area contributed by atoms with Crippen LogP contribution in [0.5, 0.6) is 5.75 Å². The lowest BCUT2D eigenvalue weighted by atomic mass is 10.1. The maximum absolute atomic E-state index is 12.0. The molecule has 1 aromatic carbocycles. The van der Waals surface area contributed by atoms with Crippen LogP contribution in [0.1, 0.15) is 26.7 Å². The molecule has 0 radical (unpaired) electrons. The number of rotatable bonds is 9. The molecule has 1 rings (SSSR count). The Morgan fingerprint density at radius 2 is 2.14 bits per heavy atom. The van der Waals surface area contributed by atoms with Crippen molar-refractivity contribution >= 4 is 23.2 Å². The third kappa shape index (κ3) is 5.91. The molecule has 118 valence electrons. The summed E-state index contributed by atoms with van der Waals surface area (Å²) in [5.74, 6) is 0.199. The van der Waals surface area contributed by atoms with Crippen LogP contribution in [-0.4, -0.2) is 31.8 Å². The Balaban J connectivity index is 2.72. The second-order valence-corrected chi connectivity index (χ2v) is 4.95. The average molecular weight is 315 g/mol. The third-order valence-corrected chi connectivity index (χ3v) is 3.14. The van der Waals surface area contributed by atoms with E-state index >= 15 is 0 Å². The molecule has 1 atom stereocenters. The highest BCUT2D eigenvalue weighted by atomic mass is 35.5. The molecule has 0 fully saturated rings. The summed E-state index contributed by atoms with van der Waals surface area (Å²) in [4.78, 5) is 12.0. The number of para-hydroxylation sites is 1. The highest BCUT2D eigenvalue weighted by Crippen LogP contribution is 2.33. The monoisotopic (exact) mass is 314 g/mol. The molecule has 21 heavy (non-hydrogen) atoms. The summed E-state index contributed by atoms with van der Waals surface area (Å²) in [5, 5.41) is 3.20. The van der Waals surface area contributed by atoms with E-state index in [1.807, 2.05) is 13.8 Å². The molecule has 0 saturated carbocycles. The minimum atomic E-state index is -0.537. The zero-order valence-corrected chi connectivity index (χ0v) is 13.3. The summed E-state index contributed by atoms with van der Waals surface area (Å²) >= 11 is 6.12. The van der Waals surface area contributed by atoms with Gasteiger partial charge in [-0.1, -0.05) is 31.0 Å². The van der Waals surface area contributed by atoms with E-state index in [0.29, 0.717) is 42.7 Å². The van der Waals surface area contributed by atoms with Gasteiger partial charge in [-0.2, -0.15) is 0 Å². The topological polar surface area (TPSA) is 73.6 Å². The fourth-order valence-electron chi connectivity index (χ4n) is 1.77. The highest BCUT2D eigenvalue weighted by Gasteiger charge is 2.16. The summed E-state index contributed by atoms with van der Waals surface area (Å²) in [6.45, 7) is 5.35. The third-order valence-electron chi connectivity index (χ3n) is 2.84. The zero-order chi connectivity index (χ0) is 15.7. The SMILES string of the molecule is CCCC(N)C(=O)Nc1cccc(Cl)c1OCCOCC. The first kappa shape index (κ1) is 17.8. The number of amides is 1. The molecule has 0 aliphatic rings. The smallest absolute Gasteiger partial charge is 0.241 e. The minimum absolute atomic E-state index is 0.242. The predicted octanol–water partition coefficient (Wildman–Crippen LogP) is 2.82. The Morgan fingerprint density at radius 1 is 1.38 bits per heavy atom. The Hall–Kier alpha value is -1.30. The van der Waals surface area contributed by atoms with E-state index in [9.17, 15) is 4.79 Å². The number of benzene rings is 1. The van der Waals surface area contributed by atoms with Crippen molar-refractivity contribution in [3.8, 4) is 5.75 Å². The van der Waals surface area contributed by atoms with Crippen molar-refractivity contribution in [3.05, 3.63) is 23.2 Å². The van der Waals surface area contributed by atoms with Crippen LogP contribution in [-0.2, 0) is 9.53 Å². The van der Waals surface area contributed by atoms with Gasteiger partial charge in [0.2, 0.25) is 5.91 Å². The van der Waals surface area contributed by atoms with E-state index in [-0.39, 0.29) is 5.91 Å². The first-order valence-corrected chi connectivity index (χ1v) is 7.53. The molecular formula is C15H23ClN2O3. The van der Waals surface area contributed by atoms with Gasteiger partial charge in [-0.25, -0.2) is 0 Å². The fraction of sp³-hybridized carbons (Fsp3) is 0.533. The lowest BCUT2D eigenvalue weighted by Gasteiger charge is -2.16. The molecular weight excluding hydrogens is 292 g/mol. The summed E-state index contributed by atoms with van der Waals surface area (Å²) in [5.41, 5.74) is 6.32. The van der Waals surface area contributed by atoms with Gasteiger partial charge in [0.25, 0.3) is 0 Å². The highest BCUT2D eigenvalue weighted by molar-refractivity contribution is 6.32. The van der Waals surface area contributed by atoms with E-state index in [4.69, 9.17) is 26.8 Å². The number of anilines is 1. The van der Waals surface area contributed by atoms with Gasteiger partial charge in [-0.05, 0) is 25.5 Å². The molecule has 0 aliphatic heterocycles. The molecule has 5 nitrogen and oxygen atoms in total. The van der Waals surface area contributed by atoms with Crippen molar-refractivity contribution in [3.63, 3.8) is 0 Å². The number of nitrogens with one attached hydrogen (secondary N) is 1. The van der Waals surface area contributed by atoms with Crippen LogP contribution in [0.3, 0.4) is 0 Å². The summed E-state index contributed by atoms with van der Waals surface area (Å²) in [7, 11) is 0. The van der Waals surface area contributed by atoms with Gasteiger partial charge < -0.3 is 20.5 Å². The number of carbonyl (C=O) groups is 1. The van der Waals surface area contributed by atoms with Crippen LogP contribution in [0.4, 0.5) is 5.69 Å². The molecule has 1 aromatic rings. The number of carbonyl (C=O) groups excluding carboxylic acids is 1. The van der Waals surface area contributed by atoms with Crippen molar-refractivity contribution in [1.82, 2.24) is 0 Å². The first-order valence-electron chi connectivity index (χ1n) is 7.15. The van der Waals surface area contributed by atoms with E-state index in [1.54, 1.807) is 18.2 Å². The van der Waals surface area contributed by atoms with Gasteiger partial charge in [0.15, 0.2) is 5.75 Å². The molecule has 0 saturated heterocycles. The molecule has 0 heterocycles. The fourth-order valence-corrected chi connectivity index (χ4v) is 2.00. The van der Waals surface area contributed by atoms with E-state index < -0.39 is 6.04 Å². The number of halogens is 1. The van der Waals surface area contributed by atoms with Crippen LogP contribution in [0.25, 0.3) is 0 Å². The number of nitrogens with two attached hydrogens (primary N) is 1. The first-order chi connectivity index (χ1) is 10.1. The Morgan fingerprint density at radius 3 is 2.81 bits per heavy atom. The van der Waals surface area contributed by atoms with Gasteiger partial charge in [-0.3, -0.25) is 4.79 Å². The Labute approximate surface area is 130 Å². The van der Waals surface area contributed by atoms with Crippen molar-refractivity contribution in [2.75, 3.05) is 25.1 Å². The van der Waals surface area contributed by atoms with Gasteiger partial charge in [0.05, 0.1) is 23.4 Å². The van der Waals surface area contributed by atoms with Crippen molar-refractivity contribution in [2.45, 2.75) is 32.7 Å².